The van der Waals surface area contributed by atoms with Crippen molar-refractivity contribution in [2.24, 2.45) is 0 Å². The molecule has 0 aliphatic carbocycles. The van der Waals surface area contributed by atoms with Crippen molar-refractivity contribution in [3.05, 3.63) is 30.2 Å². The number of carbonyl (C=O) groups is 1. The summed E-state index contributed by atoms with van der Waals surface area (Å²) < 4.78 is 19.5. The number of ether oxygens (including phenoxy) is 1. The summed E-state index contributed by atoms with van der Waals surface area (Å²) in [7, 11) is 1.49. The third-order valence-corrected chi connectivity index (χ3v) is 2.29. The van der Waals surface area contributed by atoms with Gasteiger partial charge in [-0.15, -0.1) is 0 Å². The summed E-state index contributed by atoms with van der Waals surface area (Å²) >= 11 is 0. The average Bonchev–Trinajstić information content (AvgIpc) is 2.55. The molecule has 0 bridgehead atoms. The molecule has 0 fully saturated rings. The molecule has 0 unspecified atom stereocenters. The van der Waals surface area contributed by atoms with Crippen molar-refractivity contribution in [1.82, 2.24) is 4.57 Å². The molecule has 0 saturated heterocycles. The van der Waals surface area contributed by atoms with Crippen LogP contribution in [0.5, 0.6) is 5.75 Å². The van der Waals surface area contributed by atoms with Crippen molar-refractivity contribution < 1.29 is 13.9 Å². The van der Waals surface area contributed by atoms with E-state index in [0.29, 0.717) is 16.7 Å². The summed E-state index contributed by atoms with van der Waals surface area (Å²) in [5.41, 5.74) is 0.653. The van der Waals surface area contributed by atoms with Gasteiger partial charge in [0.2, 0.25) is 5.91 Å². The van der Waals surface area contributed by atoms with E-state index in [1.807, 2.05) is 0 Å². The zero-order valence-corrected chi connectivity index (χ0v) is 8.45. The molecule has 2 rings (SSSR count). The first-order valence-corrected chi connectivity index (χ1v) is 4.49. The van der Waals surface area contributed by atoms with Gasteiger partial charge >= 0.3 is 0 Å². The molecule has 0 radical (unpaired) electrons. The van der Waals surface area contributed by atoms with Crippen molar-refractivity contribution >= 4 is 16.8 Å². The second-order valence-corrected chi connectivity index (χ2v) is 3.25. The molecule has 4 heteroatoms. The molecule has 1 heterocycles. The monoisotopic (exact) mass is 207 g/mol. The van der Waals surface area contributed by atoms with Crippen molar-refractivity contribution in [3.63, 3.8) is 0 Å². The second-order valence-electron chi connectivity index (χ2n) is 3.25. The summed E-state index contributed by atoms with van der Waals surface area (Å²) in [6.45, 7) is 1.45. The van der Waals surface area contributed by atoms with Crippen LogP contribution in [-0.2, 0) is 0 Å². The molecule has 1 aromatic heterocycles. The lowest BCUT2D eigenvalue weighted by molar-refractivity contribution is 0.0941. The van der Waals surface area contributed by atoms with Crippen molar-refractivity contribution in [2.75, 3.05) is 7.11 Å². The van der Waals surface area contributed by atoms with E-state index in [2.05, 4.69) is 0 Å². The Morgan fingerprint density at radius 1 is 1.47 bits per heavy atom. The standard InChI is InChI=1S/C11H10FNO2/c1-7(14)13-6-11(15-2)9-5-8(12)3-4-10(9)13/h3-6H,1-2H3. The van der Waals surface area contributed by atoms with Gasteiger partial charge in [0, 0.05) is 12.3 Å². The zero-order valence-electron chi connectivity index (χ0n) is 8.45. The van der Waals surface area contributed by atoms with Gasteiger partial charge in [-0.05, 0) is 18.2 Å². The maximum Gasteiger partial charge on any atom is 0.228 e. The number of methoxy groups -OCH3 is 1. The number of rotatable bonds is 1. The number of nitrogens with zero attached hydrogens (tertiary/aromatic N) is 1. The van der Waals surface area contributed by atoms with Gasteiger partial charge in [0.05, 0.1) is 18.8 Å². The van der Waals surface area contributed by atoms with E-state index < -0.39 is 0 Å². The minimum Gasteiger partial charge on any atom is -0.494 e. The minimum atomic E-state index is -0.345. The fourth-order valence-corrected chi connectivity index (χ4v) is 1.60. The lowest BCUT2D eigenvalue weighted by Crippen LogP contribution is -2.02. The topological polar surface area (TPSA) is 31.2 Å². The Morgan fingerprint density at radius 2 is 2.20 bits per heavy atom. The maximum absolute atomic E-state index is 13.0. The Kier molecular flexibility index (Phi) is 2.19. The Balaban J connectivity index is 2.81. The molecular weight excluding hydrogens is 197 g/mol. The highest BCUT2D eigenvalue weighted by atomic mass is 19.1. The van der Waals surface area contributed by atoms with Crippen molar-refractivity contribution in [1.29, 1.82) is 0 Å². The highest BCUT2D eigenvalue weighted by Gasteiger charge is 2.11. The normalized spacial score (nSPS) is 10.6. The lowest BCUT2D eigenvalue weighted by Gasteiger charge is -1.97. The molecule has 0 amide bonds. The van der Waals surface area contributed by atoms with Gasteiger partial charge in [0.15, 0.2) is 0 Å². The van der Waals surface area contributed by atoms with Crippen molar-refractivity contribution in [3.8, 4) is 5.75 Å². The fraction of sp³-hybridized carbons (Fsp3) is 0.182. The van der Waals surface area contributed by atoms with Crippen LogP contribution >= 0.6 is 0 Å². The summed E-state index contributed by atoms with van der Waals surface area (Å²) in [6.07, 6.45) is 1.56. The van der Waals surface area contributed by atoms with Gasteiger partial charge in [-0.25, -0.2) is 4.39 Å². The number of hydrogen-bond donors (Lipinski definition) is 0. The summed E-state index contributed by atoms with van der Waals surface area (Å²) in [5.74, 6) is 0.0247. The predicted octanol–water partition coefficient (Wildman–Crippen LogP) is 2.45. The molecule has 0 aliphatic rings. The first-order chi connectivity index (χ1) is 7.13. The third kappa shape index (κ3) is 1.48. The van der Waals surface area contributed by atoms with Crippen LogP contribution in [0, 0.1) is 5.82 Å². The molecule has 3 nitrogen and oxygen atoms in total. The van der Waals surface area contributed by atoms with E-state index in [-0.39, 0.29) is 11.7 Å². The predicted molar refractivity (Wildman–Crippen MR) is 54.7 cm³/mol. The Morgan fingerprint density at radius 3 is 2.80 bits per heavy atom. The van der Waals surface area contributed by atoms with E-state index in [0.717, 1.165) is 0 Å². The van der Waals surface area contributed by atoms with Crippen LogP contribution < -0.4 is 4.74 Å². The molecule has 2 aromatic rings. The van der Waals surface area contributed by atoms with E-state index in [4.69, 9.17) is 4.74 Å². The fourth-order valence-electron chi connectivity index (χ4n) is 1.60. The minimum absolute atomic E-state index is 0.130. The number of hydrogen-bond acceptors (Lipinski definition) is 2. The Hall–Kier alpha value is -1.84. The SMILES string of the molecule is COc1cn(C(C)=O)c2ccc(F)cc12. The number of aromatic nitrogens is 1. The number of carbonyl (C=O) groups excluding carboxylic acids is 1. The summed E-state index contributed by atoms with van der Waals surface area (Å²) in [5, 5.41) is 0.604. The molecule has 1 aromatic carbocycles. The molecule has 0 aliphatic heterocycles. The Labute approximate surface area is 86.1 Å². The van der Waals surface area contributed by atoms with Gasteiger partial charge in [-0.3, -0.25) is 9.36 Å². The van der Waals surface area contributed by atoms with Gasteiger partial charge in [-0.1, -0.05) is 0 Å². The Bertz CT molecular complexity index is 531. The highest BCUT2D eigenvalue weighted by molar-refractivity contribution is 5.95. The van der Waals surface area contributed by atoms with Gasteiger partial charge in [0.1, 0.15) is 11.6 Å². The first kappa shape index (κ1) is 9.71. The average molecular weight is 207 g/mol. The third-order valence-electron chi connectivity index (χ3n) is 2.29. The maximum atomic E-state index is 13.0. The van der Waals surface area contributed by atoms with Crippen LogP contribution in [0.15, 0.2) is 24.4 Å². The van der Waals surface area contributed by atoms with Gasteiger partial charge < -0.3 is 4.74 Å². The summed E-state index contributed by atoms with van der Waals surface area (Å²) in [4.78, 5) is 11.3. The second kappa shape index (κ2) is 3.38. The number of fused-ring (bicyclic) bond motifs is 1. The first-order valence-electron chi connectivity index (χ1n) is 4.49. The number of halogens is 1. The molecule has 0 atom stereocenters. The van der Waals surface area contributed by atoms with Crippen LogP contribution in [0.2, 0.25) is 0 Å². The quantitative estimate of drug-likeness (QED) is 0.719. The van der Waals surface area contributed by atoms with E-state index in [1.165, 1.54) is 30.7 Å². The van der Waals surface area contributed by atoms with Crippen LogP contribution in [0.1, 0.15) is 11.7 Å². The molecule has 0 spiro atoms. The zero-order chi connectivity index (χ0) is 11.0. The van der Waals surface area contributed by atoms with Crippen LogP contribution in [0.25, 0.3) is 10.9 Å². The summed E-state index contributed by atoms with van der Waals surface area (Å²) in [6, 6.07) is 4.24. The van der Waals surface area contributed by atoms with Crippen molar-refractivity contribution in [2.45, 2.75) is 6.92 Å². The van der Waals surface area contributed by atoms with E-state index in [1.54, 1.807) is 12.3 Å². The molecule has 15 heavy (non-hydrogen) atoms. The molecular formula is C11H10FNO2. The lowest BCUT2D eigenvalue weighted by atomic mass is 10.2. The van der Waals surface area contributed by atoms with E-state index in [9.17, 15) is 9.18 Å². The molecule has 78 valence electrons. The largest absolute Gasteiger partial charge is 0.494 e. The van der Waals surface area contributed by atoms with Gasteiger partial charge in [-0.2, -0.15) is 0 Å². The van der Waals surface area contributed by atoms with Crippen LogP contribution in [0.4, 0.5) is 4.39 Å². The highest BCUT2D eigenvalue weighted by Crippen LogP contribution is 2.28. The van der Waals surface area contributed by atoms with E-state index >= 15 is 0 Å². The van der Waals surface area contributed by atoms with Crippen LogP contribution in [0.3, 0.4) is 0 Å². The molecule has 0 N–H and O–H groups in total. The smallest absolute Gasteiger partial charge is 0.228 e. The van der Waals surface area contributed by atoms with Crippen LogP contribution in [-0.4, -0.2) is 17.6 Å². The number of benzene rings is 1. The molecule has 0 saturated carbocycles. The van der Waals surface area contributed by atoms with Gasteiger partial charge in [0.25, 0.3) is 0 Å².